The summed E-state index contributed by atoms with van der Waals surface area (Å²) in [7, 11) is 0. The zero-order valence-corrected chi connectivity index (χ0v) is 32.3. The predicted octanol–water partition coefficient (Wildman–Crippen LogP) is 7.60. The van der Waals surface area contributed by atoms with Crippen LogP contribution in [-0.2, 0) is 30.7 Å². The Balaban J connectivity index is 1.20. The van der Waals surface area contributed by atoms with Gasteiger partial charge in [-0.3, -0.25) is 10.5 Å². The van der Waals surface area contributed by atoms with Crippen LogP contribution in [0.25, 0.3) is 0 Å². The highest BCUT2D eigenvalue weighted by Gasteiger charge is 2.56. The standard InChI is InChI=1S/C48H51NO9/c49-26-58-42-20-29(12-16-40(42)53)11-15-39(52)37-22-31(17-28-9-13-34(50)14-10-28)36-23-33-21-32(18-27-5-2-1-3-6-27)43(45(36)46(37)55)38-24-41(54)47(56)48(44(33)38)57-25-30-7-4-8-35(51)19-30/h1-10,12-14,16,19-20,24,31-33,36-37,43,45-46,50-51,53-56H,11,15,17-18,21-23,25-26,49H2/t31-,32-,33-,36-,37+,43+,45+,46-/m0/s1. The van der Waals surface area contributed by atoms with E-state index in [1.807, 2.05) is 36.4 Å². The average Bonchev–Trinajstić information content (AvgIpc) is 3.46. The first-order valence-electron chi connectivity index (χ1n) is 20.2. The zero-order valence-electron chi connectivity index (χ0n) is 32.3. The van der Waals surface area contributed by atoms with Crippen LogP contribution in [0, 0.1) is 29.6 Å². The topological polar surface area (TPSA) is 183 Å². The molecule has 0 radical (unpaired) electrons. The van der Waals surface area contributed by atoms with Crippen LogP contribution >= 0.6 is 0 Å². The number of carbonyl (C=O) groups is 1. The number of benzene rings is 5. The number of Topliss-reactive ketones (excluding diaryl/α,β-unsaturated/α-hetero) is 1. The van der Waals surface area contributed by atoms with Gasteiger partial charge in [-0.2, -0.15) is 0 Å². The fourth-order valence-corrected chi connectivity index (χ4v) is 10.6. The van der Waals surface area contributed by atoms with E-state index in [2.05, 4.69) is 12.1 Å². The highest BCUT2D eigenvalue weighted by Crippen LogP contribution is 2.64. The molecule has 10 heteroatoms. The first-order chi connectivity index (χ1) is 28.1. The van der Waals surface area contributed by atoms with Crippen molar-refractivity contribution in [1.82, 2.24) is 0 Å². The Labute approximate surface area is 338 Å². The number of carbonyl (C=O) groups excluding carboxylic acids is 1. The SMILES string of the molecule is NCOc1cc(CCC(=O)[C@H]2C[C@H](Cc3ccc(O)cc3)[C@@H]3C[C@@H]4C[C@H](Cc5ccccc5)[C@H](c5cc(O)c(O)c(OCc6cccc(O)c6)c54)[C@@H]3[C@H]2O)ccc1O. The molecule has 9 rings (SSSR count). The molecule has 8 atom stereocenters. The van der Waals surface area contributed by atoms with Crippen molar-refractivity contribution in [1.29, 1.82) is 0 Å². The van der Waals surface area contributed by atoms with Crippen LogP contribution in [0.4, 0.5) is 0 Å². The number of rotatable bonds is 13. The first kappa shape index (κ1) is 39.1. The summed E-state index contributed by atoms with van der Waals surface area (Å²) in [5.41, 5.74) is 10.9. The number of aromatic hydroxyl groups is 5. The van der Waals surface area contributed by atoms with Crippen LogP contribution in [0.3, 0.4) is 0 Å². The molecule has 5 aromatic carbocycles. The largest absolute Gasteiger partial charge is 0.508 e. The van der Waals surface area contributed by atoms with E-state index in [0.29, 0.717) is 31.2 Å². The Morgan fingerprint density at radius 1 is 0.690 bits per heavy atom. The number of nitrogens with two attached hydrogens (primary N) is 1. The number of aryl methyl sites for hydroxylation is 1. The Bertz CT molecular complexity index is 2240. The highest BCUT2D eigenvalue weighted by molar-refractivity contribution is 5.82. The summed E-state index contributed by atoms with van der Waals surface area (Å²) >= 11 is 0. The zero-order chi connectivity index (χ0) is 40.5. The molecule has 0 spiro atoms. The number of hydrogen-bond acceptors (Lipinski definition) is 10. The molecule has 2 bridgehead atoms. The Hall–Kier alpha value is -5.71. The number of aliphatic hydroxyl groups excluding tert-OH is 1. The molecule has 0 saturated heterocycles. The molecule has 10 nitrogen and oxygen atoms in total. The van der Waals surface area contributed by atoms with Gasteiger partial charge in [0.25, 0.3) is 0 Å². The second-order valence-corrected chi connectivity index (χ2v) is 16.5. The Morgan fingerprint density at radius 3 is 2.17 bits per heavy atom. The van der Waals surface area contributed by atoms with Crippen molar-refractivity contribution in [2.75, 3.05) is 6.73 Å². The molecule has 5 aromatic rings. The van der Waals surface area contributed by atoms with Crippen LogP contribution in [0.2, 0.25) is 0 Å². The number of aliphatic hydroxyl groups is 1. The summed E-state index contributed by atoms with van der Waals surface area (Å²) in [5, 5.41) is 66.0. The first-order valence-corrected chi connectivity index (χ1v) is 20.2. The van der Waals surface area contributed by atoms with Crippen molar-refractivity contribution in [2.24, 2.45) is 35.3 Å². The molecule has 302 valence electrons. The molecule has 0 heterocycles. The van der Waals surface area contributed by atoms with Gasteiger partial charge in [-0.25, -0.2) is 0 Å². The van der Waals surface area contributed by atoms with Crippen LogP contribution in [-0.4, -0.2) is 49.3 Å². The highest BCUT2D eigenvalue weighted by atomic mass is 16.5. The van der Waals surface area contributed by atoms with Crippen molar-refractivity contribution in [3.63, 3.8) is 0 Å². The van der Waals surface area contributed by atoms with E-state index in [-0.39, 0.29) is 101 Å². The summed E-state index contributed by atoms with van der Waals surface area (Å²) in [6, 6.07) is 30.8. The van der Waals surface area contributed by atoms with E-state index in [9.17, 15) is 35.4 Å². The maximum Gasteiger partial charge on any atom is 0.200 e. The summed E-state index contributed by atoms with van der Waals surface area (Å²) < 4.78 is 11.8. The molecule has 4 aliphatic rings. The van der Waals surface area contributed by atoms with Gasteiger partial charge in [-0.05, 0) is 144 Å². The van der Waals surface area contributed by atoms with E-state index in [0.717, 1.165) is 40.7 Å². The van der Waals surface area contributed by atoms with Gasteiger partial charge < -0.3 is 40.1 Å². The van der Waals surface area contributed by atoms with Gasteiger partial charge in [0.05, 0.1) is 6.10 Å². The van der Waals surface area contributed by atoms with Gasteiger partial charge in [0.15, 0.2) is 23.0 Å². The van der Waals surface area contributed by atoms with E-state index in [1.165, 1.54) is 6.07 Å². The monoisotopic (exact) mass is 785 g/mol. The lowest BCUT2D eigenvalue weighted by molar-refractivity contribution is -0.135. The molecule has 58 heavy (non-hydrogen) atoms. The van der Waals surface area contributed by atoms with E-state index in [4.69, 9.17) is 15.2 Å². The van der Waals surface area contributed by atoms with Crippen molar-refractivity contribution in [3.8, 4) is 40.2 Å². The summed E-state index contributed by atoms with van der Waals surface area (Å²) in [6.45, 7) is -0.0483. The minimum Gasteiger partial charge on any atom is -0.508 e. The molecular weight excluding hydrogens is 735 g/mol. The molecule has 2 fully saturated rings. The van der Waals surface area contributed by atoms with Gasteiger partial charge in [-0.15, -0.1) is 0 Å². The fourth-order valence-electron chi connectivity index (χ4n) is 10.6. The summed E-state index contributed by atoms with van der Waals surface area (Å²) in [6.07, 6.45) is 2.89. The number of fused-ring (bicyclic) bond motifs is 1. The lowest BCUT2D eigenvalue weighted by Crippen LogP contribution is -2.49. The third-order valence-corrected chi connectivity index (χ3v) is 13.0. The molecule has 0 unspecified atom stereocenters. The molecule has 0 aliphatic heterocycles. The summed E-state index contributed by atoms with van der Waals surface area (Å²) in [5.74, 6) is -1.34. The number of phenolic OH excluding ortho intramolecular Hbond substituents is 5. The lowest BCUT2D eigenvalue weighted by Gasteiger charge is -2.48. The number of hydrogen-bond donors (Lipinski definition) is 7. The third kappa shape index (κ3) is 7.91. The van der Waals surface area contributed by atoms with E-state index < -0.39 is 12.0 Å². The average molecular weight is 786 g/mol. The maximum atomic E-state index is 14.5. The van der Waals surface area contributed by atoms with Crippen LogP contribution in [0.5, 0.6) is 40.2 Å². The van der Waals surface area contributed by atoms with Gasteiger partial charge in [0.1, 0.15) is 30.6 Å². The predicted molar refractivity (Wildman–Crippen MR) is 218 cm³/mol. The molecule has 0 amide bonds. The minimum atomic E-state index is -0.981. The smallest absolute Gasteiger partial charge is 0.200 e. The third-order valence-electron chi connectivity index (χ3n) is 13.0. The number of ether oxygens (including phenoxy) is 2. The second-order valence-electron chi connectivity index (χ2n) is 16.5. The van der Waals surface area contributed by atoms with Crippen molar-refractivity contribution >= 4 is 5.78 Å². The number of phenols is 5. The quantitative estimate of drug-likeness (QED) is 0.0464. The molecule has 2 saturated carbocycles. The molecular formula is C48H51NO9. The Morgan fingerprint density at radius 2 is 1.41 bits per heavy atom. The van der Waals surface area contributed by atoms with Crippen LogP contribution < -0.4 is 15.2 Å². The number of ketones is 1. The van der Waals surface area contributed by atoms with Crippen molar-refractivity contribution < 1.29 is 44.9 Å². The minimum absolute atomic E-state index is 0.00114. The van der Waals surface area contributed by atoms with Crippen molar-refractivity contribution in [3.05, 3.63) is 137 Å². The molecule has 8 N–H and O–H groups in total. The van der Waals surface area contributed by atoms with Crippen LogP contribution in [0.1, 0.15) is 70.9 Å². The summed E-state index contributed by atoms with van der Waals surface area (Å²) in [4.78, 5) is 14.5. The van der Waals surface area contributed by atoms with Gasteiger partial charge in [-0.1, -0.05) is 60.7 Å². The fraction of sp³-hybridized carbons (Fsp3) is 0.354. The molecule has 4 aliphatic carbocycles. The van der Waals surface area contributed by atoms with Gasteiger partial charge in [0.2, 0.25) is 5.75 Å². The lowest BCUT2D eigenvalue weighted by atomic mass is 9.57. The normalized spacial score (nSPS) is 24.7. The second kappa shape index (κ2) is 16.6. The van der Waals surface area contributed by atoms with Crippen LogP contribution in [0.15, 0.2) is 103 Å². The van der Waals surface area contributed by atoms with Crippen molar-refractivity contribution in [2.45, 2.75) is 69.5 Å². The maximum absolute atomic E-state index is 14.5. The molecule has 0 aromatic heterocycles. The van der Waals surface area contributed by atoms with Gasteiger partial charge >= 0.3 is 0 Å². The van der Waals surface area contributed by atoms with E-state index >= 15 is 0 Å². The van der Waals surface area contributed by atoms with Gasteiger partial charge in [0, 0.05) is 17.9 Å². The van der Waals surface area contributed by atoms with E-state index in [1.54, 1.807) is 48.5 Å². The Kier molecular flexibility index (Phi) is 11.2.